The number of ether oxygens (including phenoxy) is 1. The molecule has 1 saturated heterocycles. The Bertz CT molecular complexity index is 1040. The fraction of sp³-hybridized carbons (Fsp3) is 0.300. The SMILES string of the molecule is O=C(Nc1ccc(OC(F)(F)F)cc1)C1CCCN(c2cnc3nccnc3c2)C1. The Kier molecular flexibility index (Phi) is 5.39. The first-order valence-corrected chi connectivity index (χ1v) is 9.36. The van der Waals surface area contributed by atoms with E-state index < -0.39 is 6.36 Å². The van der Waals surface area contributed by atoms with E-state index in [-0.39, 0.29) is 17.6 Å². The Labute approximate surface area is 169 Å². The van der Waals surface area contributed by atoms with Gasteiger partial charge in [-0.1, -0.05) is 0 Å². The molecule has 2 aromatic heterocycles. The minimum atomic E-state index is -4.75. The molecule has 0 spiro atoms. The highest BCUT2D eigenvalue weighted by molar-refractivity contribution is 5.93. The first kappa shape index (κ1) is 19.9. The van der Waals surface area contributed by atoms with Crippen molar-refractivity contribution in [1.29, 1.82) is 0 Å². The van der Waals surface area contributed by atoms with Crippen LogP contribution in [-0.4, -0.2) is 40.3 Å². The number of hydrogen-bond donors (Lipinski definition) is 1. The lowest BCUT2D eigenvalue weighted by Crippen LogP contribution is -2.40. The van der Waals surface area contributed by atoms with E-state index in [4.69, 9.17) is 0 Å². The number of aromatic nitrogens is 3. The Morgan fingerprint density at radius 1 is 1.13 bits per heavy atom. The number of carbonyl (C=O) groups excluding carboxylic acids is 1. The molecule has 1 amide bonds. The average Bonchev–Trinajstić information content (AvgIpc) is 2.74. The van der Waals surface area contributed by atoms with Gasteiger partial charge in [0.25, 0.3) is 0 Å². The zero-order chi connectivity index (χ0) is 21.1. The van der Waals surface area contributed by atoms with Crippen molar-refractivity contribution in [1.82, 2.24) is 15.0 Å². The Balaban J connectivity index is 1.40. The van der Waals surface area contributed by atoms with Crippen LogP contribution in [0, 0.1) is 5.92 Å². The summed E-state index contributed by atoms with van der Waals surface area (Å²) in [6.45, 7) is 1.30. The van der Waals surface area contributed by atoms with Gasteiger partial charge in [-0.05, 0) is 43.2 Å². The van der Waals surface area contributed by atoms with Gasteiger partial charge in [-0.15, -0.1) is 13.2 Å². The molecule has 1 aromatic carbocycles. The summed E-state index contributed by atoms with van der Waals surface area (Å²) in [5.74, 6) is -0.781. The molecule has 0 radical (unpaired) electrons. The number of nitrogens with zero attached hydrogens (tertiary/aromatic N) is 4. The van der Waals surface area contributed by atoms with Crippen LogP contribution in [0.3, 0.4) is 0 Å². The molecule has 1 unspecified atom stereocenters. The summed E-state index contributed by atoms with van der Waals surface area (Å²) in [6, 6.07) is 6.99. The normalized spacial score (nSPS) is 17.0. The number of alkyl halides is 3. The van der Waals surface area contributed by atoms with Crippen LogP contribution in [0.4, 0.5) is 24.5 Å². The van der Waals surface area contributed by atoms with Crippen molar-refractivity contribution in [3.8, 4) is 5.75 Å². The van der Waals surface area contributed by atoms with Crippen LogP contribution in [0.2, 0.25) is 0 Å². The lowest BCUT2D eigenvalue weighted by Gasteiger charge is -2.33. The average molecular weight is 417 g/mol. The number of piperidine rings is 1. The number of benzene rings is 1. The smallest absolute Gasteiger partial charge is 0.406 e. The largest absolute Gasteiger partial charge is 0.573 e. The van der Waals surface area contributed by atoms with Gasteiger partial charge in [0.15, 0.2) is 5.65 Å². The highest BCUT2D eigenvalue weighted by atomic mass is 19.4. The minimum Gasteiger partial charge on any atom is -0.406 e. The second-order valence-electron chi connectivity index (χ2n) is 6.94. The number of hydrogen-bond acceptors (Lipinski definition) is 6. The highest BCUT2D eigenvalue weighted by Crippen LogP contribution is 2.27. The maximum Gasteiger partial charge on any atom is 0.573 e. The Hall–Kier alpha value is -3.43. The van der Waals surface area contributed by atoms with Crippen LogP contribution in [0.5, 0.6) is 5.75 Å². The van der Waals surface area contributed by atoms with Gasteiger partial charge in [-0.2, -0.15) is 0 Å². The number of fused-ring (bicyclic) bond motifs is 1. The summed E-state index contributed by atoms with van der Waals surface area (Å²) in [5, 5.41) is 2.76. The van der Waals surface area contributed by atoms with E-state index >= 15 is 0 Å². The van der Waals surface area contributed by atoms with E-state index in [1.54, 1.807) is 18.6 Å². The zero-order valence-corrected chi connectivity index (χ0v) is 15.8. The van der Waals surface area contributed by atoms with Crippen LogP contribution in [0.15, 0.2) is 48.9 Å². The summed E-state index contributed by atoms with van der Waals surface area (Å²) in [4.78, 5) is 27.5. The maximum absolute atomic E-state index is 12.7. The molecule has 1 fully saturated rings. The molecule has 30 heavy (non-hydrogen) atoms. The monoisotopic (exact) mass is 417 g/mol. The van der Waals surface area contributed by atoms with E-state index in [0.29, 0.717) is 23.4 Å². The predicted octanol–water partition coefficient (Wildman–Crippen LogP) is 3.78. The highest BCUT2D eigenvalue weighted by Gasteiger charge is 2.31. The maximum atomic E-state index is 12.7. The topological polar surface area (TPSA) is 80.2 Å². The first-order valence-electron chi connectivity index (χ1n) is 9.36. The summed E-state index contributed by atoms with van der Waals surface area (Å²) in [6.07, 6.45) is 1.70. The third kappa shape index (κ3) is 4.76. The number of nitrogens with one attached hydrogen (secondary N) is 1. The summed E-state index contributed by atoms with van der Waals surface area (Å²) < 4.78 is 40.6. The van der Waals surface area contributed by atoms with E-state index in [1.807, 2.05) is 6.07 Å². The number of rotatable bonds is 4. The molecular formula is C20H18F3N5O2. The lowest BCUT2D eigenvalue weighted by molar-refractivity contribution is -0.274. The van der Waals surface area contributed by atoms with E-state index in [1.165, 1.54) is 12.1 Å². The molecule has 156 valence electrons. The van der Waals surface area contributed by atoms with Crippen molar-refractivity contribution in [3.63, 3.8) is 0 Å². The van der Waals surface area contributed by atoms with Crippen LogP contribution >= 0.6 is 0 Å². The van der Waals surface area contributed by atoms with Crippen LogP contribution < -0.4 is 15.0 Å². The fourth-order valence-corrected chi connectivity index (χ4v) is 3.43. The molecule has 1 aliphatic heterocycles. The van der Waals surface area contributed by atoms with Gasteiger partial charge in [-0.25, -0.2) is 9.97 Å². The standard InChI is InChI=1S/C20H18F3N5O2/c21-20(22,23)30-16-5-3-14(4-6-16)27-19(29)13-2-1-9-28(12-13)15-10-17-18(26-11-15)25-8-7-24-17/h3-8,10-11,13H,1-2,9,12H2,(H,27,29). The van der Waals surface area contributed by atoms with Gasteiger partial charge < -0.3 is 15.0 Å². The van der Waals surface area contributed by atoms with Crippen molar-refractivity contribution < 1.29 is 22.7 Å². The quantitative estimate of drug-likeness (QED) is 0.696. The van der Waals surface area contributed by atoms with Crippen molar-refractivity contribution in [2.24, 2.45) is 5.92 Å². The molecule has 0 aliphatic carbocycles. The molecule has 3 heterocycles. The molecular weight excluding hydrogens is 399 g/mol. The third-order valence-corrected chi connectivity index (χ3v) is 4.82. The number of carbonyl (C=O) groups is 1. The summed E-state index contributed by atoms with van der Waals surface area (Å²) >= 11 is 0. The van der Waals surface area contributed by atoms with Crippen molar-refractivity contribution >= 4 is 28.4 Å². The number of anilines is 2. The molecule has 1 atom stereocenters. The molecule has 10 heteroatoms. The molecule has 4 rings (SSSR count). The van der Waals surface area contributed by atoms with Crippen LogP contribution in [0.1, 0.15) is 12.8 Å². The fourth-order valence-electron chi connectivity index (χ4n) is 3.43. The molecule has 0 bridgehead atoms. The molecule has 3 aromatic rings. The van der Waals surface area contributed by atoms with Gasteiger partial charge in [0.1, 0.15) is 11.3 Å². The Morgan fingerprint density at radius 2 is 1.90 bits per heavy atom. The minimum absolute atomic E-state index is 0.183. The number of pyridine rings is 1. The van der Waals surface area contributed by atoms with Crippen LogP contribution in [-0.2, 0) is 4.79 Å². The van der Waals surface area contributed by atoms with Crippen molar-refractivity contribution in [2.45, 2.75) is 19.2 Å². The molecule has 0 saturated carbocycles. The number of halogens is 3. The summed E-state index contributed by atoms with van der Waals surface area (Å²) in [5.41, 5.74) is 2.52. The van der Waals surface area contributed by atoms with Gasteiger partial charge in [-0.3, -0.25) is 9.78 Å². The first-order chi connectivity index (χ1) is 14.4. The van der Waals surface area contributed by atoms with E-state index in [9.17, 15) is 18.0 Å². The zero-order valence-electron chi connectivity index (χ0n) is 15.8. The van der Waals surface area contributed by atoms with Gasteiger partial charge in [0, 0.05) is 31.2 Å². The van der Waals surface area contributed by atoms with Gasteiger partial charge in [0.05, 0.1) is 17.8 Å². The van der Waals surface area contributed by atoms with Crippen molar-refractivity contribution in [2.75, 3.05) is 23.3 Å². The van der Waals surface area contributed by atoms with Gasteiger partial charge in [0.2, 0.25) is 5.91 Å². The van der Waals surface area contributed by atoms with Crippen LogP contribution in [0.25, 0.3) is 11.2 Å². The molecule has 7 nitrogen and oxygen atoms in total. The predicted molar refractivity (Wildman–Crippen MR) is 104 cm³/mol. The van der Waals surface area contributed by atoms with E-state index in [0.717, 1.165) is 37.2 Å². The third-order valence-electron chi connectivity index (χ3n) is 4.82. The summed E-state index contributed by atoms with van der Waals surface area (Å²) in [7, 11) is 0. The van der Waals surface area contributed by atoms with Gasteiger partial charge >= 0.3 is 6.36 Å². The van der Waals surface area contributed by atoms with E-state index in [2.05, 4.69) is 29.9 Å². The second kappa shape index (κ2) is 8.13. The Morgan fingerprint density at radius 3 is 2.67 bits per heavy atom. The molecule has 1 N–H and O–H groups in total. The van der Waals surface area contributed by atoms with Crippen molar-refractivity contribution in [3.05, 3.63) is 48.9 Å². The second-order valence-corrected chi connectivity index (χ2v) is 6.94. The lowest BCUT2D eigenvalue weighted by atomic mass is 9.96. The molecule has 1 aliphatic rings. The number of amides is 1.